The maximum atomic E-state index is 6.17. The second kappa shape index (κ2) is 2.98. The van der Waals surface area contributed by atoms with Crippen LogP contribution in [0.5, 0.6) is 0 Å². The first-order chi connectivity index (χ1) is 6.31. The molecule has 3 unspecified atom stereocenters. The fourth-order valence-electron chi connectivity index (χ4n) is 3.54. The van der Waals surface area contributed by atoms with E-state index >= 15 is 0 Å². The van der Waals surface area contributed by atoms with Crippen LogP contribution in [-0.2, 0) is 4.74 Å². The Morgan fingerprint density at radius 3 is 2.14 bits per heavy atom. The van der Waals surface area contributed by atoms with Gasteiger partial charge in [0.05, 0.1) is 11.7 Å². The number of ether oxygens (including phenoxy) is 1. The zero-order chi connectivity index (χ0) is 10.6. The fraction of sp³-hybridized carbons (Fsp3) is 1.00. The van der Waals surface area contributed by atoms with E-state index in [2.05, 4.69) is 34.6 Å². The molecule has 2 fully saturated rings. The van der Waals surface area contributed by atoms with Gasteiger partial charge in [0.25, 0.3) is 0 Å². The van der Waals surface area contributed by atoms with Crippen LogP contribution in [0.25, 0.3) is 0 Å². The SMILES string of the molecule is CC(C)(C)OC1CC2CCC1C2(C)C. The zero-order valence-corrected chi connectivity index (χ0v) is 10.3. The third kappa shape index (κ3) is 1.60. The van der Waals surface area contributed by atoms with Gasteiger partial charge in [0.2, 0.25) is 0 Å². The minimum atomic E-state index is 0.0330. The molecule has 0 spiro atoms. The van der Waals surface area contributed by atoms with E-state index < -0.39 is 0 Å². The van der Waals surface area contributed by atoms with Gasteiger partial charge < -0.3 is 4.74 Å². The molecule has 0 aromatic rings. The third-order valence-electron chi connectivity index (χ3n) is 4.30. The van der Waals surface area contributed by atoms with E-state index in [0.29, 0.717) is 11.5 Å². The summed E-state index contributed by atoms with van der Waals surface area (Å²) in [6.45, 7) is 11.4. The fourth-order valence-corrected chi connectivity index (χ4v) is 3.54. The average Bonchev–Trinajstić information content (AvgIpc) is 2.36. The molecule has 2 aliphatic rings. The molecule has 2 saturated carbocycles. The molecule has 0 heterocycles. The van der Waals surface area contributed by atoms with Crippen molar-refractivity contribution < 1.29 is 4.74 Å². The molecule has 3 atom stereocenters. The molecular weight excluding hydrogens is 172 g/mol. The zero-order valence-electron chi connectivity index (χ0n) is 10.3. The highest BCUT2D eigenvalue weighted by atomic mass is 16.5. The normalized spacial score (nSPS) is 40.5. The van der Waals surface area contributed by atoms with E-state index in [9.17, 15) is 0 Å². The van der Waals surface area contributed by atoms with Crippen LogP contribution in [0.1, 0.15) is 53.9 Å². The summed E-state index contributed by atoms with van der Waals surface area (Å²) < 4.78 is 6.17. The van der Waals surface area contributed by atoms with Gasteiger partial charge in [-0.1, -0.05) is 13.8 Å². The molecule has 0 amide bonds. The number of hydrogen-bond donors (Lipinski definition) is 0. The summed E-state index contributed by atoms with van der Waals surface area (Å²) in [5.74, 6) is 1.73. The van der Waals surface area contributed by atoms with Gasteiger partial charge in [0, 0.05) is 0 Å². The first kappa shape index (κ1) is 10.5. The Labute approximate surface area is 88.2 Å². The number of hydrogen-bond acceptors (Lipinski definition) is 1. The lowest BCUT2D eigenvalue weighted by Gasteiger charge is -2.32. The Hall–Kier alpha value is -0.0400. The highest BCUT2D eigenvalue weighted by Crippen LogP contribution is 2.58. The molecule has 82 valence electrons. The predicted octanol–water partition coefficient (Wildman–Crippen LogP) is 3.63. The van der Waals surface area contributed by atoms with Crippen molar-refractivity contribution in [2.75, 3.05) is 0 Å². The lowest BCUT2D eigenvalue weighted by atomic mass is 9.82. The minimum Gasteiger partial charge on any atom is -0.372 e. The largest absolute Gasteiger partial charge is 0.372 e. The maximum absolute atomic E-state index is 6.17. The molecule has 0 aromatic carbocycles. The third-order valence-corrected chi connectivity index (χ3v) is 4.30. The topological polar surface area (TPSA) is 9.23 Å². The quantitative estimate of drug-likeness (QED) is 0.622. The smallest absolute Gasteiger partial charge is 0.0618 e. The van der Waals surface area contributed by atoms with Gasteiger partial charge in [-0.2, -0.15) is 0 Å². The van der Waals surface area contributed by atoms with Gasteiger partial charge in [-0.25, -0.2) is 0 Å². The van der Waals surface area contributed by atoms with Crippen molar-refractivity contribution in [2.45, 2.75) is 65.6 Å². The molecule has 0 saturated heterocycles. The van der Waals surface area contributed by atoms with Crippen molar-refractivity contribution in [3.63, 3.8) is 0 Å². The number of fused-ring (bicyclic) bond motifs is 2. The first-order valence-electron chi connectivity index (χ1n) is 5.98. The maximum Gasteiger partial charge on any atom is 0.0618 e. The second-order valence-electron chi connectivity index (χ2n) is 6.71. The Morgan fingerprint density at radius 2 is 1.79 bits per heavy atom. The Morgan fingerprint density at radius 1 is 1.14 bits per heavy atom. The van der Waals surface area contributed by atoms with Gasteiger partial charge in [-0.05, 0) is 57.3 Å². The van der Waals surface area contributed by atoms with Crippen molar-refractivity contribution in [3.05, 3.63) is 0 Å². The molecule has 14 heavy (non-hydrogen) atoms. The summed E-state index contributed by atoms with van der Waals surface area (Å²) in [5, 5.41) is 0. The molecule has 2 aliphatic carbocycles. The van der Waals surface area contributed by atoms with Crippen molar-refractivity contribution in [2.24, 2.45) is 17.3 Å². The van der Waals surface area contributed by atoms with Crippen LogP contribution in [0.2, 0.25) is 0 Å². The van der Waals surface area contributed by atoms with Crippen LogP contribution < -0.4 is 0 Å². The van der Waals surface area contributed by atoms with Crippen LogP contribution >= 0.6 is 0 Å². The summed E-state index contributed by atoms with van der Waals surface area (Å²) >= 11 is 0. The molecule has 1 nitrogen and oxygen atoms in total. The van der Waals surface area contributed by atoms with E-state index in [0.717, 1.165) is 11.8 Å². The monoisotopic (exact) mass is 196 g/mol. The molecule has 2 rings (SSSR count). The molecule has 0 radical (unpaired) electrons. The van der Waals surface area contributed by atoms with Crippen LogP contribution in [0, 0.1) is 17.3 Å². The van der Waals surface area contributed by atoms with Crippen molar-refractivity contribution in [1.29, 1.82) is 0 Å². The predicted molar refractivity (Wildman–Crippen MR) is 59.2 cm³/mol. The average molecular weight is 196 g/mol. The summed E-state index contributed by atoms with van der Waals surface area (Å²) in [4.78, 5) is 0. The van der Waals surface area contributed by atoms with Gasteiger partial charge in [0.1, 0.15) is 0 Å². The van der Waals surface area contributed by atoms with Crippen molar-refractivity contribution in [1.82, 2.24) is 0 Å². The van der Waals surface area contributed by atoms with Crippen molar-refractivity contribution in [3.8, 4) is 0 Å². The Bertz CT molecular complexity index is 224. The van der Waals surface area contributed by atoms with E-state index in [-0.39, 0.29) is 5.60 Å². The molecule has 1 heteroatoms. The number of rotatable bonds is 1. The Balaban J connectivity index is 2.06. The van der Waals surface area contributed by atoms with Gasteiger partial charge in [-0.15, -0.1) is 0 Å². The Kier molecular flexibility index (Phi) is 2.23. The van der Waals surface area contributed by atoms with Gasteiger partial charge >= 0.3 is 0 Å². The van der Waals surface area contributed by atoms with Crippen LogP contribution in [0.15, 0.2) is 0 Å². The summed E-state index contributed by atoms with van der Waals surface area (Å²) in [6, 6.07) is 0. The summed E-state index contributed by atoms with van der Waals surface area (Å²) in [6.07, 6.45) is 4.65. The van der Waals surface area contributed by atoms with Crippen LogP contribution in [-0.4, -0.2) is 11.7 Å². The molecule has 0 aromatic heterocycles. The minimum absolute atomic E-state index is 0.0330. The summed E-state index contributed by atoms with van der Waals surface area (Å²) in [5.41, 5.74) is 0.571. The molecule has 0 aliphatic heterocycles. The van der Waals surface area contributed by atoms with E-state index in [1.54, 1.807) is 0 Å². The second-order valence-corrected chi connectivity index (χ2v) is 6.71. The highest BCUT2D eigenvalue weighted by Gasteiger charge is 2.54. The standard InChI is InChI=1S/C13H24O/c1-12(2,3)14-11-8-9-6-7-10(11)13(9,4)5/h9-11H,6-8H2,1-5H3. The lowest BCUT2D eigenvalue weighted by Crippen LogP contribution is -2.32. The molecule has 0 N–H and O–H groups in total. The summed E-state index contributed by atoms with van der Waals surface area (Å²) in [7, 11) is 0. The van der Waals surface area contributed by atoms with Gasteiger partial charge in [-0.3, -0.25) is 0 Å². The van der Waals surface area contributed by atoms with E-state index in [1.807, 2.05) is 0 Å². The molecular formula is C13H24O. The van der Waals surface area contributed by atoms with Gasteiger partial charge in [0.15, 0.2) is 0 Å². The van der Waals surface area contributed by atoms with Crippen LogP contribution in [0.4, 0.5) is 0 Å². The van der Waals surface area contributed by atoms with E-state index in [1.165, 1.54) is 19.3 Å². The highest BCUT2D eigenvalue weighted by molar-refractivity contribution is 5.03. The van der Waals surface area contributed by atoms with Crippen LogP contribution in [0.3, 0.4) is 0 Å². The first-order valence-corrected chi connectivity index (χ1v) is 5.98. The lowest BCUT2D eigenvalue weighted by molar-refractivity contribution is -0.0868. The van der Waals surface area contributed by atoms with Crippen molar-refractivity contribution >= 4 is 0 Å². The molecule has 2 bridgehead atoms. The van der Waals surface area contributed by atoms with E-state index in [4.69, 9.17) is 4.74 Å².